The summed E-state index contributed by atoms with van der Waals surface area (Å²) in [5.74, 6) is -0.428. The molecule has 5 heteroatoms. The molecule has 0 fully saturated rings. The molecule has 0 spiro atoms. The summed E-state index contributed by atoms with van der Waals surface area (Å²) in [6, 6.07) is 7.28. The van der Waals surface area contributed by atoms with Crippen molar-refractivity contribution in [2.75, 3.05) is 13.7 Å². The molecule has 0 aliphatic carbocycles. The van der Waals surface area contributed by atoms with E-state index < -0.39 is 5.97 Å². The third-order valence-corrected chi connectivity index (χ3v) is 2.35. The van der Waals surface area contributed by atoms with Gasteiger partial charge in [-0.3, -0.25) is 9.79 Å². The molecule has 0 atom stereocenters. The number of halogens is 1. The number of hydrogen-bond donors (Lipinski definition) is 1. The van der Waals surface area contributed by atoms with Crippen LogP contribution in [0.4, 0.5) is 0 Å². The molecule has 1 aromatic carbocycles. The molecule has 0 aliphatic rings. The summed E-state index contributed by atoms with van der Waals surface area (Å²) in [6.07, 6.45) is 1.56. The van der Waals surface area contributed by atoms with Crippen molar-refractivity contribution in [3.05, 3.63) is 34.9 Å². The van der Waals surface area contributed by atoms with Gasteiger partial charge in [-0.15, -0.1) is 0 Å². The van der Waals surface area contributed by atoms with E-state index in [2.05, 4.69) is 9.73 Å². The fourth-order valence-corrected chi connectivity index (χ4v) is 1.32. The van der Waals surface area contributed by atoms with Gasteiger partial charge in [0.05, 0.1) is 20.1 Å². The van der Waals surface area contributed by atoms with Crippen LogP contribution >= 0.6 is 11.6 Å². The number of aliphatic imine (C=N–C) groups is 1. The highest BCUT2D eigenvalue weighted by Gasteiger charge is 2.04. The van der Waals surface area contributed by atoms with E-state index in [0.717, 1.165) is 5.56 Å². The van der Waals surface area contributed by atoms with Gasteiger partial charge in [-0.2, -0.15) is 0 Å². The van der Waals surface area contributed by atoms with Crippen molar-refractivity contribution < 1.29 is 9.53 Å². The highest BCUT2D eigenvalue weighted by atomic mass is 35.5. The van der Waals surface area contributed by atoms with E-state index in [1.165, 1.54) is 7.11 Å². The second kappa shape index (κ2) is 6.81. The van der Waals surface area contributed by atoms with Crippen molar-refractivity contribution in [3.63, 3.8) is 0 Å². The molecule has 0 saturated carbocycles. The number of hydrogen-bond acceptors (Lipinski definition) is 4. The Morgan fingerprint density at radius 3 is 2.88 bits per heavy atom. The smallest absolute Gasteiger partial charge is 0.311 e. The second-order valence-electron chi connectivity index (χ2n) is 3.35. The predicted octanol–water partition coefficient (Wildman–Crippen LogP) is 2.34. The number of rotatable bonds is 5. The molecule has 1 rings (SSSR count). The van der Waals surface area contributed by atoms with Gasteiger partial charge in [0.25, 0.3) is 0 Å². The molecule has 1 N–H and O–H groups in total. The van der Waals surface area contributed by atoms with Gasteiger partial charge in [-0.1, -0.05) is 29.8 Å². The first-order valence-electron chi connectivity index (χ1n) is 5.01. The third-order valence-electron chi connectivity index (χ3n) is 2.00. The Morgan fingerprint density at radius 1 is 1.53 bits per heavy atom. The molecule has 0 saturated heterocycles. The Hall–Kier alpha value is -1.68. The van der Waals surface area contributed by atoms with Crippen molar-refractivity contribution in [1.29, 1.82) is 5.41 Å². The largest absolute Gasteiger partial charge is 0.469 e. The van der Waals surface area contributed by atoms with Crippen molar-refractivity contribution in [2.24, 2.45) is 4.99 Å². The molecule has 0 amide bonds. The molecule has 0 heterocycles. The van der Waals surface area contributed by atoms with Gasteiger partial charge in [0, 0.05) is 22.5 Å². The maximum Gasteiger partial charge on any atom is 0.311 e. The van der Waals surface area contributed by atoms with Gasteiger partial charge in [0.2, 0.25) is 0 Å². The van der Waals surface area contributed by atoms with E-state index >= 15 is 0 Å². The van der Waals surface area contributed by atoms with Crippen LogP contribution in [0.15, 0.2) is 29.3 Å². The number of nitrogens with one attached hydrogen (secondary N) is 1. The number of methoxy groups -OCH3 is 1. The minimum Gasteiger partial charge on any atom is -0.469 e. The first-order valence-corrected chi connectivity index (χ1v) is 5.38. The molecule has 0 unspecified atom stereocenters. The first-order chi connectivity index (χ1) is 8.13. The summed E-state index contributed by atoms with van der Waals surface area (Å²) in [5.41, 5.74) is 1.00. The van der Waals surface area contributed by atoms with Crippen molar-refractivity contribution >= 4 is 29.5 Å². The molecule has 0 bridgehead atoms. The molecule has 4 nitrogen and oxygen atoms in total. The van der Waals surface area contributed by atoms with Crippen LogP contribution in [0.3, 0.4) is 0 Å². The molecule has 1 aromatic rings. The molecular formula is C12H13ClN2O2. The Balaban J connectivity index is 2.48. The molecular weight excluding hydrogens is 240 g/mol. The average Bonchev–Trinajstić information content (AvgIpc) is 2.31. The zero-order chi connectivity index (χ0) is 12.7. The summed E-state index contributed by atoms with van der Waals surface area (Å²) in [7, 11) is 1.29. The summed E-state index contributed by atoms with van der Waals surface area (Å²) < 4.78 is 4.45. The van der Waals surface area contributed by atoms with Crippen molar-refractivity contribution in [2.45, 2.75) is 6.42 Å². The number of benzene rings is 1. The zero-order valence-corrected chi connectivity index (χ0v) is 10.2. The maximum absolute atomic E-state index is 10.9. The number of carbonyl (C=O) groups is 1. The van der Waals surface area contributed by atoms with Gasteiger partial charge in [0.15, 0.2) is 0 Å². The molecule has 0 radical (unpaired) electrons. The highest BCUT2D eigenvalue weighted by molar-refractivity contribution is 6.33. The fraction of sp³-hybridized carbons (Fsp3) is 0.250. The molecule has 0 aliphatic heterocycles. The lowest BCUT2D eigenvalue weighted by Gasteiger charge is -1.99. The SMILES string of the molecule is COC(=O)CC(=N)CN=Cc1ccccc1Cl. The van der Waals surface area contributed by atoms with Gasteiger partial charge >= 0.3 is 5.97 Å². The van der Waals surface area contributed by atoms with Gasteiger partial charge in [-0.25, -0.2) is 0 Å². The summed E-state index contributed by atoms with van der Waals surface area (Å²) >= 11 is 5.93. The normalized spacial score (nSPS) is 10.5. The Bertz CT molecular complexity index is 444. The zero-order valence-electron chi connectivity index (χ0n) is 9.44. The quantitative estimate of drug-likeness (QED) is 0.646. The highest BCUT2D eigenvalue weighted by Crippen LogP contribution is 2.12. The van der Waals surface area contributed by atoms with Crippen LogP contribution in [-0.4, -0.2) is 31.6 Å². The monoisotopic (exact) mass is 252 g/mol. The topological polar surface area (TPSA) is 62.5 Å². The lowest BCUT2D eigenvalue weighted by molar-refractivity contribution is -0.139. The van der Waals surface area contributed by atoms with E-state index in [4.69, 9.17) is 17.0 Å². The van der Waals surface area contributed by atoms with Crippen LogP contribution in [0.2, 0.25) is 5.02 Å². The standard InChI is InChI=1S/C12H13ClN2O2/c1-17-12(16)6-10(14)8-15-7-9-4-2-3-5-11(9)13/h2-5,7,14H,6,8H2,1H3. The van der Waals surface area contributed by atoms with Crippen molar-refractivity contribution in [3.8, 4) is 0 Å². The second-order valence-corrected chi connectivity index (χ2v) is 3.75. The summed E-state index contributed by atoms with van der Waals surface area (Å²) in [6.45, 7) is 0.167. The minimum absolute atomic E-state index is 0.0314. The average molecular weight is 253 g/mol. The van der Waals surface area contributed by atoms with Crippen LogP contribution in [0.5, 0.6) is 0 Å². The number of esters is 1. The van der Waals surface area contributed by atoms with E-state index in [-0.39, 0.29) is 18.7 Å². The minimum atomic E-state index is -0.428. The molecule has 0 aromatic heterocycles. The Kier molecular flexibility index (Phi) is 5.36. The van der Waals surface area contributed by atoms with Crippen LogP contribution in [0.1, 0.15) is 12.0 Å². The van der Waals surface area contributed by atoms with E-state index in [1.54, 1.807) is 12.3 Å². The van der Waals surface area contributed by atoms with E-state index in [9.17, 15) is 4.79 Å². The van der Waals surface area contributed by atoms with Gasteiger partial charge in [0.1, 0.15) is 0 Å². The summed E-state index contributed by atoms with van der Waals surface area (Å²) in [5, 5.41) is 8.10. The number of ether oxygens (including phenoxy) is 1. The predicted molar refractivity (Wildman–Crippen MR) is 68.3 cm³/mol. The molecule has 17 heavy (non-hydrogen) atoms. The maximum atomic E-state index is 10.9. The van der Waals surface area contributed by atoms with E-state index in [0.29, 0.717) is 5.02 Å². The first kappa shape index (κ1) is 13.4. The lowest BCUT2D eigenvalue weighted by atomic mass is 10.2. The van der Waals surface area contributed by atoms with Crippen LogP contribution in [0.25, 0.3) is 0 Å². The van der Waals surface area contributed by atoms with E-state index in [1.807, 2.05) is 18.2 Å². The third kappa shape index (κ3) is 4.78. The van der Waals surface area contributed by atoms with Crippen molar-refractivity contribution in [1.82, 2.24) is 0 Å². The van der Waals surface area contributed by atoms with Gasteiger partial charge in [-0.05, 0) is 6.07 Å². The van der Waals surface area contributed by atoms with Crippen LogP contribution < -0.4 is 0 Å². The fourth-order valence-electron chi connectivity index (χ4n) is 1.14. The van der Waals surface area contributed by atoms with Gasteiger partial charge < -0.3 is 10.1 Å². The Morgan fingerprint density at radius 2 is 2.24 bits per heavy atom. The number of carbonyl (C=O) groups excluding carboxylic acids is 1. The lowest BCUT2D eigenvalue weighted by Crippen LogP contribution is -2.11. The van der Waals surface area contributed by atoms with Crippen LogP contribution in [0, 0.1) is 5.41 Å². The summed E-state index contributed by atoms with van der Waals surface area (Å²) in [4.78, 5) is 14.9. The molecule has 90 valence electrons. The van der Waals surface area contributed by atoms with Crippen LogP contribution in [-0.2, 0) is 9.53 Å². The Labute approximate surface area is 105 Å². The number of nitrogens with zero attached hydrogens (tertiary/aromatic N) is 1.